The van der Waals surface area contributed by atoms with Gasteiger partial charge in [-0.1, -0.05) is 0 Å². The predicted molar refractivity (Wildman–Crippen MR) is 75.8 cm³/mol. The summed E-state index contributed by atoms with van der Waals surface area (Å²) in [6.45, 7) is 6.33. The summed E-state index contributed by atoms with van der Waals surface area (Å²) >= 11 is 0. The van der Waals surface area contributed by atoms with Crippen molar-refractivity contribution in [1.82, 2.24) is 24.6 Å². The van der Waals surface area contributed by atoms with Gasteiger partial charge in [-0.3, -0.25) is 4.68 Å². The van der Waals surface area contributed by atoms with E-state index in [-0.39, 0.29) is 0 Å². The molecule has 1 N–H and O–H groups in total. The highest BCUT2D eigenvalue weighted by molar-refractivity contribution is 5.19. The first-order valence-corrected chi connectivity index (χ1v) is 6.86. The van der Waals surface area contributed by atoms with Crippen LogP contribution in [-0.4, -0.2) is 25.9 Å². The van der Waals surface area contributed by atoms with Gasteiger partial charge >= 0.3 is 0 Å². The zero-order valence-electron chi connectivity index (χ0n) is 12.0. The van der Waals surface area contributed by atoms with Crippen molar-refractivity contribution in [3.05, 3.63) is 36.2 Å². The molecular weight excluding hydrogens is 238 g/mol. The van der Waals surface area contributed by atoms with Crippen LogP contribution in [0.1, 0.15) is 37.1 Å². The van der Waals surface area contributed by atoms with E-state index in [4.69, 9.17) is 0 Å². The van der Waals surface area contributed by atoms with Crippen molar-refractivity contribution in [2.24, 2.45) is 7.05 Å². The van der Waals surface area contributed by atoms with Crippen molar-refractivity contribution in [2.75, 3.05) is 6.54 Å². The molecule has 1 unspecified atom stereocenters. The van der Waals surface area contributed by atoms with Gasteiger partial charge in [-0.15, -0.1) is 0 Å². The standard InChI is InChI=1S/C14H23N5/c1-12(14-10-18(3)17-13(14)2)16-6-4-5-8-19-9-7-15-11-19/h7,9-12,16H,4-6,8H2,1-3H3. The van der Waals surface area contributed by atoms with E-state index in [2.05, 4.69) is 40.0 Å². The Morgan fingerprint density at radius 2 is 2.21 bits per heavy atom. The van der Waals surface area contributed by atoms with E-state index in [1.54, 1.807) is 0 Å². The van der Waals surface area contributed by atoms with Crippen LogP contribution in [0.15, 0.2) is 24.9 Å². The van der Waals surface area contributed by atoms with Crippen molar-refractivity contribution in [1.29, 1.82) is 0 Å². The summed E-state index contributed by atoms with van der Waals surface area (Å²) in [5.74, 6) is 0. The van der Waals surface area contributed by atoms with E-state index in [1.807, 2.05) is 30.5 Å². The number of hydrogen-bond donors (Lipinski definition) is 1. The van der Waals surface area contributed by atoms with Crippen LogP contribution in [0, 0.1) is 6.92 Å². The fourth-order valence-electron chi connectivity index (χ4n) is 2.31. The molecule has 0 bridgehead atoms. The fourth-order valence-corrected chi connectivity index (χ4v) is 2.31. The molecule has 1 atom stereocenters. The first-order valence-electron chi connectivity index (χ1n) is 6.86. The molecule has 2 heterocycles. The number of aryl methyl sites for hydroxylation is 3. The van der Waals surface area contributed by atoms with E-state index in [9.17, 15) is 0 Å². The molecule has 0 amide bonds. The van der Waals surface area contributed by atoms with Gasteiger partial charge in [-0.05, 0) is 33.2 Å². The van der Waals surface area contributed by atoms with Crippen LogP contribution in [0.3, 0.4) is 0 Å². The first-order chi connectivity index (χ1) is 9.16. The third-order valence-electron chi connectivity index (χ3n) is 3.37. The molecule has 2 aromatic rings. The highest BCUT2D eigenvalue weighted by Gasteiger charge is 2.10. The molecule has 0 aromatic carbocycles. The smallest absolute Gasteiger partial charge is 0.0945 e. The topological polar surface area (TPSA) is 47.7 Å². The molecule has 0 spiro atoms. The molecule has 0 saturated carbocycles. The lowest BCUT2D eigenvalue weighted by Crippen LogP contribution is -2.20. The largest absolute Gasteiger partial charge is 0.337 e. The van der Waals surface area contributed by atoms with Crippen LogP contribution in [0.2, 0.25) is 0 Å². The average Bonchev–Trinajstić information content (AvgIpc) is 2.98. The molecule has 5 nitrogen and oxygen atoms in total. The molecule has 0 saturated heterocycles. The Bertz CT molecular complexity index is 486. The number of rotatable bonds is 7. The minimum atomic E-state index is 0.363. The third kappa shape index (κ3) is 3.92. The molecule has 0 radical (unpaired) electrons. The van der Waals surface area contributed by atoms with Crippen molar-refractivity contribution in [3.63, 3.8) is 0 Å². The number of imidazole rings is 1. The normalized spacial score (nSPS) is 12.8. The number of hydrogen-bond acceptors (Lipinski definition) is 3. The monoisotopic (exact) mass is 261 g/mol. The summed E-state index contributed by atoms with van der Waals surface area (Å²) in [5, 5.41) is 7.93. The molecule has 0 aliphatic heterocycles. The van der Waals surface area contributed by atoms with Gasteiger partial charge in [0, 0.05) is 43.8 Å². The van der Waals surface area contributed by atoms with Gasteiger partial charge in [0.25, 0.3) is 0 Å². The zero-order valence-corrected chi connectivity index (χ0v) is 12.0. The summed E-state index contributed by atoms with van der Waals surface area (Å²) in [7, 11) is 1.97. The van der Waals surface area contributed by atoms with Crippen LogP contribution in [0.25, 0.3) is 0 Å². The van der Waals surface area contributed by atoms with Gasteiger partial charge in [0.15, 0.2) is 0 Å². The quantitative estimate of drug-likeness (QED) is 0.776. The maximum absolute atomic E-state index is 4.38. The summed E-state index contributed by atoms with van der Waals surface area (Å²) < 4.78 is 4.00. The van der Waals surface area contributed by atoms with E-state index in [0.717, 1.165) is 18.8 Å². The minimum absolute atomic E-state index is 0.363. The van der Waals surface area contributed by atoms with E-state index >= 15 is 0 Å². The molecule has 5 heteroatoms. The first kappa shape index (κ1) is 13.8. The third-order valence-corrected chi connectivity index (χ3v) is 3.37. The SMILES string of the molecule is Cc1nn(C)cc1C(C)NCCCCn1ccnc1. The lowest BCUT2D eigenvalue weighted by molar-refractivity contribution is 0.522. The summed E-state index contributed by atoms with van der Waals surface area (Å²) in [6, 6.07) is 0.363. The Balaban J connectivity index is 1.66. The van der Waals surface area contributed by atoms with E-state index in [1.165, 1.54) is 18.4 Å². The zero-order chi connectivity index (χ0) is 13.7. The second-order valence-electron chi connectivity index (χ2n) is 5.03. The lowest BCUT2D eigenvalue weighted by atomic mass is 10.1. The highest BCUT2D eigenvalue weighted by Crippen LogP contribution is 2.15. The number of nitrogens with one attached hydrogen (secondary N) is 1. The fraction of sp³-hybridized carbons (Fsp3) is 0.571. The summed E-state index contributed by atoms with van der Waals surface area (Å²) in [6.07, 6.45) is 10.1. The van der Waals surface area contributed by atoms with Crippen LogP contribution in [0.4, 0.5) is 0 Å². The number of unbranched alkanes of at least 4 members (excludes halogenated alkanes) is 1. The maximum Gasteiger partial charge on any atom is 0.0945 e. The molecular formula is C14H23N5. The summed E-state index contributed by atoms with van der Waals surface area (Å²) in [4.78, 5) is 4.04. The van der Waals surface area contributed by atoms with Gasteiger partial charge in [0.1, 0.15) is 0 Å². The Hall–Kier alpha value is -1.62. The molecule has 0 aliphatic carbocycles. The van der Waals surface area contributed by atoms with E-state index in [0.29, 0.717) is 6.04 Å². The van der Waals surface area contributed by atoms with Crippen molar-refractivity contribution < 1.29 is 0 Å². The van der Waals surface area contributed by atoms with Gasteiger partial charge < -0.3 is 9.88 Å². The maximum atomic E-state index is 4.38. The predicted octanol–water partition coefficient (Wildman–Crippen LogP) is 2.06. The summed E-state index contributed by atoms with van der Waals surface area (Å²) in [5.41, 5.74) is 2.40. The number of nitrogens with zero attached hydrogens (tertiary/aromatic N) is 4. The Labute approximate surface area is 114 Å². The van der Waals surface area contributed by atoms with Crippen molar-refractivity contribution in [2.45, 2.75) is 39.3 Å². The molecule has 2 aromatic heterocycles. The molecule has 0 aliphatic rings. The molecule has 0 fully saturated rings. The molecule has 2 rings (SSSR count). The van der Waals surface area contributed by atoms with Crippen LogP contribution in [0.5, 0.6) is 0 Å². The van der Waals surface area contributed by atoms with Crippen molar-refractivity contribution >= 4 is 0 Å². The Morgan fingerprint density at radius 1 is 1.37 bits per heavy atom. The molecule has 19 heavy (non-hydrogen) atoms. The average molecular weight is 261 g/mol. The lowest BCUT2D eigenvalue weighted by Gasteiger charge is -2.13. The Morgan fingerprint density at radius 3 is 2.84 bits per heavy atom. The molecule has 104 valence electrons. The van der Waals surface area contributed by atoms with Crippen LogP contribution >= 0.6 is 0 Å². The van der Waals surface area contributed by atoms with Gasteiger partial charge in [-0.2, -0.15) is 5.10 Å². The van der Waals surface area contributed by atoms with Gasteiger partial charge in [-0.25, -0.2) is 4.98 Å². The van der Waals surface area contributed by atoms with Gasteiger partial charge in [0.2, 0.25) is 0 Å². The second kappa shape index (κ2) is 6.52. The van der Waals surface area contributed by atoms with Crippen LogP contribution < -0.4 is 5.32 Å². The Kier molecular flexibility index (Phi) is 4.74. The highest BCUT2D eigenvalue weighted by atomic mass is 15.3. The van der Waals surface area contributed by atoms with Crippen molar-refractivity contribution in [3.8, 4) is 0 Å². The second-order valence-corrected chi connectivity index (χ2v) is 5.03. The van der Waals surface area contributed by atoms with Gasteiger partial charge in [0.05, 0.1) is 12.0 Å². The van der Waals surface area contributed by atoms with E-state index < -0.39 is 0 Å². The van der Waals surface area contributed by atoms with Crippen LogP contribution in [-0.2, 0) is 13.6 Å². The number of aromatic nitrogens is 4. The minimum Gasteiger partial charge on any atom is -0.337 e.